The first kappa shape index (κ1) is 18.6. The molecule has 2 rings (SSSR count). The first-order chi connectivity index (χ1) is 11.6. The van der Waals surface area contributed by atoms with E-state index in [1.54, 1.807) is 12.4 Å². The lowest BCUT2D eigenvalue weighted by Gasteiger charge is -2.17. The Morgan fingerprint density at radius 1 is 1.38 bits per heavy atom. The number of carbonyl (C=O) groups excluding carboxylic acids is 1. The van der Waals surface area contributed by atoms with E-state index in [2.05, 4.69) is 44.8 Å². The molecule has 0 aliphatic rings. The molecule has 0 aliphatic carbocycles. The van der Waals surface area contributed by atoms with Gasteiger partial charge in [0.05, 0.1) is 6.61 Å². The molecule has 0 bridgehead atoms. The second-order valence-electron chi connectivity index (χ2n) is 5.83. The molecule has 0 aliphatic heterocycles. The van der Waals surface area contributed by atoms with Crippen molar-refractivity contribution >= 4 is 17.9 Å². The van der Waals surface area contributed by atoms with Crippen LogP contribution >= 0.6 is 11.8 Å². The third-order valence-electron chi connectivity index (χ3n) is 4.23. The Morgan fingerprint density at radius 3 is 2.92 bits per heavy atom. The maximum atomic E-state index is 12.3. The summed E-state index contributed by atoms with van der Waals surface area (Å²) in [4.78, 5) is 16.7. The predicted octanol–water partition coefficient (Wildman–Crippen LogP) is 4.78. The lowest BCUT2D eigenvalue weighted by Crippen LogP contribution is -2.19. The number of aromatic nitrogens is 2. The summed E-state index contributed by atoms with van der Waals surface area (Å²) in [5.74, 6) is 2.85. The number of thioether (sulfide) groups is 1. The Hall–Kier alpha value is -1.75. The van der Waals surface area contributed by atoms with E-state index in [0.29, 0.717) is 6.61 Å². The highest BCUT2D eigenvalue weighted by Crippen LogP contribution is 2.27. The van der Waals surface area contributed by atoms with E-state index in [9.17, 15) is 4.79 Å². The van der Waals surface area contributed by atoms with Crippen LogP contribution in [-0.4, -0.2) is 33.8 Å². The van der Waals surface area contributed by atoms with E-state index in [1.807, 2.05) is 17.8 Å². The van der Waals surface area contributed by atoms with E-state index in [4.69, 9.17) is 4.74 Å². The molecule has 0 fully saturated rings. The van der Waals surface area contributed by atoms with Crippen LogP contribution in [0.25, 0.3) is 0 Å². The molecule has 4 nitrogen and oxygen atoms in total. The van der Waals surface area contributed by atoms with Gasteiger partial charge in [0, 0.05) is 18.3 Å². The standard InChI is InChI=1S/C19H26N2O2S/c1-5-24-13-7-12-23-19(22)21-11-10-20-18(21)16(4)17-9-6-8-14(2)15(17)3/h6,8-11,16H,5,7,12-13H2,1-4H3/t16-/m0/s1. The van der Waals surface area contributed by atoms with Gasteiger partial charge >= 0.3 is 6.09 Å². The van der Waals surface area contributed by atoms with Crippen LogP contribution in [0.2, 0.25) is 0 Å². The molecule has 0 saturated heterocycles. The fourth-order valence-electron chi connectivity index (χ4n) is 2.71. The van der Waals surface area contributed by atoms with E-state index < -0.39 is 0 Å². The molecule has 0 amide bonds. The van der Waals surface area contributed by atoms with Gasteiger partial charge in [-0.25, -0.2) is 14.3 Å². The number of hydrogen-bond acceptors (Lipinski definition) is 4. The van der Waals surface area contributed by atoms with Crippen molar-refractivity contribution in [1.29, 1.82) is 0 Å². The number of benzene rings is 1. The summed E-state index contributed by atoms with van der Waals surface area (Å²) in [6, 6.07) is 6.24. The maximum absolute atomic E-state index is 12.3. The van der Waals surface area contributed by atoms with E-state index in [1.165, 1.54) is 21.3 Å². The van der Waals surface area contributed by atoms with Gasteiger partial charge in [-0.05, 0) is 48.5 Å². The predicted molar refractivity (Wildman–Crippen MR) is 100 cm³/mol. The minimum absolute atomic E-state index is 0.0306. The highest BCUT2D eigenvalue weighted by molar-refractivity contribution is 7.99. The molecule has 1 aromatic carbocycles. The van der Waals surface area contributed by atoms with Crippen molar-refractivity contribution in [2.24, 2.45) is 0 Å². The quantitative estimate of drug-likeness (QED) is 0.677. The van der Waals surface area contributed by atoms with Crippen LogP contribution in [0.4, 0.5) is 4.79 Å². The number of nitrogens with zero attached hydrogens (tertiary/aromatic N) is 2. The van der Waals surface area contributed by atoms with Gasteiger partial charge in [-0.1, -0.05) is 32.0 Å². The summed E-state index contributed by atoms with van der Waals surface area (Å²) in [6.45, 7) is 8.86. The van der Waals surface area contributed by atoms with Crippen LogP contribution in [0, 0.1) is 13.8 Å². The largest absolute Gasteiger partial charge is 0.449 e. The Labute approximate surface area is 148 Å². The van der Waals surface area contributed by atoms with Gasteiger partial charge in [0.15, 0.2) is 0 Å². The van der Waals surface area contributed by atoms with Gasteiger partial charge in [-0.2, -0.15) is 11.8 Å². The molecule has 0 N–H and O–H groups in total. The molecule has 1 heterocycles. The van der Waals surface area contributed by atoms with Crippen LogP contribution < -0.4 is 0 Å². The molecule has 5 heteroatoms. The van der Waals surface area contributed by atoms with Crippen molar-refractivity contribution in [3.63, 3.8) is 0 Å². The number of ether oxygens (including phenoxy) is 1. The van der Waals surface area contributed by atoms with Crippen LogP contribution in [0.1, 0.15) is 48.7 Å². The first-order valence-corrected chi connectivity index (χ1v) is 9.56. The van der Waals surface area contributed by atoms with Crippen molar-refractivity contribution in [2.75, 3.05) is 18.1 Å². The first-order valence-electron chi connectivity index (χ1n) is 8.40. The monoisotopic (exact) mass is 346 g/mol. The van der Waals surface area contributed by atoms with Crippen molar-refractivity contribution in [3.8, 4) is 0 Å². The maximum Gasteiger partial charge on any atom is 0.419 e. The summed E-state index contributed by atoms with van der Waals surface area (Å²) in [7, 11) is 0. The Balaban J connectivity index is 2.09. The number of carbonyl (C=O) groups is 1. The van der Waals surface area contributed by atoms with Crippen molar-refractivity contribution in [2.45, 2.75) is 40.0 Å². The number of imidazole rings is 1. The van der Waals surface area contributed by atoms with Crippen molar-refractivity contribution < 1.29 is 9.53 Å². The van der Waals surface area contributed by atoms with Gasteiger partial charge in [0.25, 0.3) is 0 Å². The van der Waals surface area contributed by atoms with E-state index >= 15 is 0 Å². The molecule has 0 radical (unpaired) electrons. The Kier molecular flexibility index (Phi) is 6.91. The molecule has 2 aromatic rings. The molecule has 0 spiro atoms. The average molecular weight is 346 g/mol. The molecule has 0 saturated carbocycles. The van der Waals surface area contributed by atoms with E-state index in [0.717, 1.165) is 23.8 Å². The third-order valence-corrected chi connectivity index (χ3v) is 5.21. The molecular formula is C19H26N2O2S. The molecular weight excluding hydrogens is 320 g/mol. The normalized spacial score (nSPS) is 12.2. The minimum atomic E-state index is -0.346. The Morgan fingerprint density at radius 2 is 2.17 bits per heavy atom. The minimum Gasteiger partial charge on any atom is -0.449 e. The van der Waals surface area contributed by atoms with Gasteiger partial charge in [0.2, 0.25) is 0 Å². The second kappa shape index (κ2) is 8.92. The zero-order valence-electron chi connectivity index (χ0n) is 14.9. The summed E-state index contributed by atoms with van der Waals surface area (Å²) >= 11 is 1.86. The van der Waals surface area contributed by atoms with Gasteiger partial charge in [-0.3, -0.25) is 0 Å². The molecule has 24 heavy (non-hydrogen) atoms. The van der Waals surface area contributed by atoms with E-state index in [-0.39, 0.29) is 12.0 Å². The molecule has 1 aromatic heterocycles. The molecule has 1 atom stereocenters. The topological polar surface area (TPSA) is 44.1 Å². The van der Waals surface area contributed by atoms with Gasteiger partial charge < -0.3 is 4.74 Å². The smallest absolute Gasteiger partial charge is 0.419 e. The zero-order valence-corrected chi connectivity index (χ0v) is 15.7. The van der Waals surface area contributed by atoms with Gasteiger partial charge in [0.1, 0.15) is 5.82 Å². The summed E-state index contributed by atoms with van der Waals surface area (Å²) in [6.07, 6.45) is 3.87. The average Bonchev–Trinajstić information content (AvgIpc) is 3.06. The van der Waals surface area contributed by atoms with Crippen LogP contribution in [0.5, 0.6) is 0 Å². The highest BCUT2D eigenvalue weighted by atomic mass is 32.2. The van der Waals surface area contributed by atoms with Gasteiger partial charge in [-0.15, -0.1) is 0 Å². The second-order valence-corrected chi connectivity index (χ2v) is 7.22. The summed E-state index contributed by atoms with van der Waals surface area (Å²) in [5, 5.41) is 0. The Bertz CT molecular complexity index is 682. The number of rotatable bonds is 7. The third kappa shape index (κ3) is 4.41. The molecule has 130 valence electrons. The molecule has 0 unspecified atom stereocenters. The highest BCUT2D eigenvalue weighted by Gasteiger charge is 2.20. The van der Waals surface area contributed by atoms with Crippen LogP contribution in [-0.2, 0) is 4.74 Å². The zero-order chi connectivity index (χ0) is 17.5. The summed E-state index contributed by atoms with van der Waals surface area (Å²) in [5.41, 5.74) is 3.67. The number of hydrogen-bond donors (Lipinski definition) is 0. The van der Waals surface area contributed by atoms with Crippen molar-refractivity contribution in [1.82, 2.24) is 9.55 Å². The number of aryl methyl sites for hydroxylation is 1. The fourth-order valence-corrected chi connectivity index (χ4v) is 3.32. The van der Waals surface area contributed by atoms with Crippen LogP contribution in [0.3, 0.4) is 0 Å². The van der Waals surface area contributed by atoms with Crippen molar-refractivity contribution in [3.05, 3.63) is 53.1 Å². The van der Waals surface area contributed by atoms with Crippen LogP contribution in [0.15, 0.2) is 30.6 Å². The summed E-state index contributed by atoms with van der Waals surface area (Å²) < 4.78 is 6.91. The fraction of sp³-hybridized carbons (Fsp3) is 0.474. The lowest BCUT2D eigenvalue weighted by atomic mass is 9.93. The SMILES string of the molecule is CCSCCCOC(=O)n1ccnc1[C@@H](C)c1cccc(C)c1C. The lowest BCUT2D eigenvalue weighted by molar-refractivity contribution is 0.147.